The Balaban J connectivity index is 0. The van der Waals surface area contributed by atoms with Crippen LogP contribution in [0.4, 0.5) is 4.79 Å². The molecule has 0 aromatic rings. The van der Waals surface area contributed by atoms with Gasteiger partial charge in [-0.25, -0.2) is 14.4 Å². The number of hydrogen-bond donors (Lipinski definition) is 4. The minimum Gasteiger partial charge on any atom is -0.480 e. The molecule has 11 nitrogen and oxygen atoms in total. The highest BCUT2D eigenvalue weighted by atomic mass is 32.2. The van der Waals surface area contributed by atoms with Crippen molar-refractivity contribution in [3.8, 4) is 0 Å². The van der Waals surface area contributed by atoms with E-state index in [-0.39, 0.29) is 25.5 Å². The number of hydrogen-bond acceptors (Lipinski definition) is 8. The van der Waals surface area contributed by atoms with Crippen LogP contribution in [0.2, 0.25) is 0 Å². The highest BCUT2D eigenvalue weighted by Gasteiger charge is 2.19. The number of carbonyl (C=O) groups is 4. The number of carboxylic acid groups (broad SMARTS) is 2. The average Bonchev–Trinajstić information content (AvgIpc) is 2.59. The van der Waals surface area contributed by atoms with E-state index >= 15 is 0 Å². The SMILES string of the molecule is COC(=O)NC(CSC)C(=O)O.COCCC(=O)NC(COC)C(=O)O. The molecule has 0 aliphatic rings. The Hall–Kier alpha value is -2.05. The number of aliphatic carboxylic acids is 2. The van der Waals surface area contributed by atoms with Gasteiger partial charge in [0.05, 0.1) is 20.3 Å². The van der Waals surface area contributed by atoms with Gasteiger partial charge in [-0.2, -0.15) is 11.8 Å². The molecule has 2 unspecified atom stereocenters. The lowest BCUT2D eigenvalue weighted by atomic mass is 10.3. The molecule has 0 rings (SSSR count). The smallest absolute Gasteiger partial charge is 0.407 e. The van der Waals surface area contributed by atoms with E-state index < -0.39 is 30.1 Å². The minimum atomic E-state index is -1.11. The number of alkyl carbamates (subject to hydrolysis) is 1. The molecule has 2 amide bonds. The number of ether oxygens (including phenoxy) is 3. The Morgan fingerprint density at radius 3 is 1.92 bits per heavy atom. The van der Waals surface area contributed by atoms with Gasteiger partial charge >= 0.3 is 18.0 Å². The number of rotatable bonds is 11. The fourth-order valence-electron chi connectivity index (χ4n) is 1.35. The molecule has 0 aliphatic carbocycles. The Morgan fingerprint density at radius 2 is 1.54 bits per heavy atom. The second kappa shape index (κ2) is 16.4. The van der Waals surface area contributed by atoms with Crippen LogP contribution < -0.4 is 10.6 Å². The van der Waals surface area contributed by atoms with Gasteiger partial charge in [-0.15, -0.1) is 0 Å². The van der Waals surface area contributed by atoms with Crippen LogP contribution in [0.5, 0.6) is 0 Å². The van der Waals surface area contributed by atoms with E-state index in [4.69, 9.17) is 10.2 Å². The summed E-state index contributed by atoms with van der Waals surface area (Å²) < 4.78 is 13.6. The molecule has 0 heterocycles. The number of amides is 2. The molecule has 0 aromatic carbocycles. The highest BCUT2D eigenvalue weighted by molar-refractivity contribution is 7.98. The van der Waals surface area contributed by atoms with E-state index in [1.165, 1.54) is 33.1 Å². The molecule has 0 saturated heterocycles. The topological polar surface area (TPSA) is 160 Å². The number of nitrogens with one attached hydrogen (secondary N) is 2. The van der Waals surface area contributed by atoms with E-state index in [0.29, 0.717) is 5.75 Å². The Morgan fingerprint density at radius 1 is 0.962 bits per heavy atom. The lowest BCUT2D eigenvalue weighted by molar-refractivity contribution is -0.143. The van der Waals surface area contributed by atoms with Crippen LogP contribution in [0.3, 0.4) is 0 Å². The fourth-order valence-corrected chi connectivity index (χ4v) is 1.90. The van der Waals surface area contributed by atoms with Crippen molar-refractivity contribution in [3.63, 3.8) is 0 Å². The zero-order valence-corrected chi connectivity index (χ0v) is 16.0. The molecular weight excluding hydrogens is 372 g/mol. The maximum atomic E-state index is 11.1. The van der Waals surface area contributed by atoms with E-state index in [1.807, 2.05) is 0 Å². The van der Waals surface area contributed by atoms with Crippen LogP contribution in [0.15, 0.2) is 0 Å². The van der Waals surface area contributed by atoms with Crippen molar-refractivity contribution in [2.24, 2.45) is 0 Å². The third kappa shape index (κ3) is 14.3. The predicted octanol–water partition coefficient (Wildman–Crippen LogP) is -0.603. The van der Waals surface area contributed by atoms with Gasteiger partial charge < -0.3 is 35.1 Å². The van der Waals surface area contributed by atoms with Gasteiger partial charge in [0.2, 0.25) is 5.91 Å². The van der Waals surface area contributed by atoms with Crippen molar-refractivity contribution in [3.05, 3.63) is 0 Å². The first kappa shape index (κ1) is 26.2. The third-order valence-corrected chi connectivity index (χ3v) is 3.28. The Kier molecular flexibility index (Phi) is 16.5. The maximum Gasteiger partial charge on any atom is 0.407 e. The molecule has 0 fully saturated rings. The lowest BCUT2D eigenvalue weighted by Crippen LogP contribution is -2.44. The Labute approximate surface area is 155 Å². The zero-order chi connectivity index (χ0) is 20.5. The first-order valence-corrected chi connectivity index (χ1v) is 8.69. The van der Waals surface area contributed by atoms with Crippen molar-refractivity contribution >= 4 is 35.7 Å². The van der Waals surface area contributed by atoms with Gasteiger partial charge in [-0.05, 0) is 6.26 Å². The molecule has 0 bridgehead atoms. The second-order valence-electron chi connectivity index (χ2n) is 4.64. The zero-order valence-electron chi connectivity index (χ0n) is 15.1. The molecule has 26 heavy (non-hydrogen) atoms. The summed E-state index contributed by atoms with van der Waals surface area (Å²) in [5, 5.41) is 21.7. The summed E-state index contributed by atoms with van der Waals surface area (Å²) in [6, 6.07) is -1.88. The molecule has 12 heteroatoms. The fraction of sp³-hybridized carbons (Fsp3) is 0.714. The van der Waals surface area contributed by atoms with Crippen molar-refractivity contribution in [1.82, 2.24) is 10.6 Å². The summed E-state index contributed by atoms with van der Waals surface area (Å²) in [7, 11) is 4.03. The quantitative estimate of drug-likeness (QED) is 0.354. The molecule has 0 aliphatic heterocycles. The van der Waals surface area contributed by atoms with Crippen LogP contribution in [0.1, 0.15) is 6.42 Å². The average molecular weight is 398 g/mol. The molecule has 0 aromatic heterocycles. The van der Waals surface area contributed by atoms with Crippen LogP contribution in [-0.4, -0.2) is 92.8 Å². The van der Waals surface area contributed by atoms with Gasteiger partial charge in [-0.1, -0.05) is 0 Å². The summed E-state index contributed by atoms with van der Waals surface area (Å²) in [5.41, 5.74) is 0. The molecular formula is C14H26N2O9S. The van der Waals surface area contributed by atoms with E-state index in [2.05, 4.69) is 24.8 Å². The van der Waals surface area contributed by atoms with Crippen molar-refractivity contribution in [1.29, 1.82) is 0 Å². The van der Waals surface area contributed by atoms with E-state index in [9.17, 15) is 19.2 Å². The van der Waals surface area contributed by atoms with Crippen LogP contribution in [0.25, 0.3) is 0 Å². The van der Waals surface area contributed by atoms with Crippen LogP contribution >= 0.6 is 11.8 Å². The number of carbonyl (C=O) groups excluding carboxylic acids is 2. The summed E-state index contributed by atoms with van der Waals surface area (Å²) >= 11 is 1.34. The number of methoxy groups -OCH3 is 3. The van der Waals surface area contributed by atoms with Crippen molar-refractivity contribution in [2.75, 3.05) is 46.6 Å². The highest BCUT2D eigenvalue weighted by Crippen LogP contribution is 1.97. The normalized spacial score (nSPS) is 12.0. The van der Waals surface area contributed by atoms with E-state index in [0.717, 1.165) is 0 Å². The predicted molar refractivity (Wildman–Crippen MR) is 93.3 cm³/mol. The van der Waals surface area contributed by atoms with E-state index in [1.54, 1.807) is 6.26 Å². The Bertz CT molecular complexity index is 446. The van der Waals surface area contributed by atoms with Crippen LogP contribution in [-0.2, 0) is 28.6 Å². The number of carboxylic acids is 2. The number of thioether (sulfide) groups is 1. The standard InChI is InChI=1S/C8H15NO5.C6H11NO4S/c1-13-4-3-7(10)9-6(5-14-2)8(11)12;1-11-6(10)7-4(3-12-2)5(8)9/h6H,3-5H2,1-2H3,(H,9,10)(H,11,12);4H,3H2,1-2H3,(H,7,10)(H,8,9). The first-order valence-electron chi connectivity index (χ1n) is 7.29. The minimum absolute atomic E-state index is 0.0476. The molecule has 0 saturated carbocycles. The van der Waals surface area contributed by atoms with Crippen molar-refractivity contribution < 1.29 is 43.6 Å². The second-order valence-corrected chi connectivity index (χ2v) is 5.55. The first-order chi connectivity index (χ1) is 12.2. The van der Waals surface area contributed by atoms with Crippen molar-refractivity contribution in [2.45, 2.75) is 18.5 Å². The molecule has 152 valence electrons. The largest absolute Gasteiger partial charge is 0.480 e. The molecule has 2 atom stereocenters. The molecule has 0 radical (unpaired) electrons. The summed E-state index contributed by atoms with van der Waals surface area (Å²) in [6.07, 6.45) is 1.18. The lowest BCUT2D eigenvalue weighted by Gasteiger charge is -2.12. The molecule has 0 spiro atoms. The maximum absolute atomic E-state index is 11.1. The van der Waals surface area contributed by atoms with Crippen LogP contribution in [0, 0.1) is 0 Å². The van der Waals surface area contributed by atoms with Gasteiger partial charge in [-0.3, -0.25) is 4.79 Å². The summed E-state index contributed by atoms with van der Waals surface area (Å²) in [4.78, 5) is 42.7. The van der Waals surface area contributed by atoms with Gasteiger partial charge in [0, 0.05) is 26.4 Å². The van der Waals surface area contributed by atoms with Gasteiger partial charge in [0.15, 0.2) is 6.04 Å². The monoisotopic (exact) mass is 398 g/mol. The summed E-state index contributed by atoms with van der Waals surface area (Å²) in [5.74, 6) is -2.21. The summed E-state index contributed by atoms with van der Waals surface area (Å²) in [6.45, 7) is 0.221. The third-order valence-electron chi connectivity index (χ3n) is 2.61. The van der Waals surface area contributed by atoms with Gasteiger partial charge in [0.1, 0.15) is 6.04 Å². The molecule has 4 N–H and O–H groups in total. The van der Waals surface area contributed by atoms with Gasteiger partial charge in [0.25, 0.3) is 0 Å².